The summed E-state index contributed by atoms with van der Waals surface area (Å²) in [6.45, 7) is 7.22. The molecule has 0 saturated heterocycles. The van der Waals surface area contributed by atoms with Crippen LogP contribution in [0.3, 0.4) is 0 Å². The lowest BCUT2D eigenvalue weighted by Gasteiger charge is -1.82. The van der Waals surface area contributed by atoms with E-state index in [2.05, 4.69) is 18.2 Å². The second-order valence-corrected chi connectivity index (χ2v) is 1.56. The van der Waals surface area contributed by atoms with Crippen LogP contribution < -0.4 is 0 Å². The molecular weight excluding hydrogens is 110 g/mol. The molecule has 0 heterocycles. The third-order valence-electron chi connectivity index (χ3n) is 0.741. The number of hydrogen-bond acceptors (Lipinski definition) is 1. The van der Waals surface area contributed by atoms with Gasteiger partial charge in [0, 0.05) is 13.3 Å². The molecule has 0 rings (SSSR count). The fourth-order valence-corrected chi connectivity index (χ4v) is 0.400. The van der Waals surface area contributed by atoms with E-state index in [4.69, 9.17) is 0 Å². The monoisotopic (exact) mass is 121 g/mol. The van der Waals surface area contributed by atoms with Crippen LogP contribution in [0.25, 0.3) is 0 Å². The van der Waals surface area contributed by atoms with Crippen LogP contribution >= 0.6 is 0 Å². The average molecular weight is 121 g/mol. The third-order valence-corrected chi connectivity index (χ3v) is 0.741. The minimum Gasteiger partial charge on any atom is -0.296 e. The molecule has 1 nitrogen and oxygen atoms in total. The second kappa shape index (κ2) is 5.04. The van der Waals surface area contributed by atoms with Crippen LogP contribution in [0, 0.1) is 0 Å². The summed E-state index contributed by atoms with van der Waals surface area (Å²) in [5.74, 6) is 0. The molecule has 0 aliphatic rings. The number of allylic oxidation sites excluding steroid dienone is 4. The zero-order chi connectivity index (χ0) is 7.11. The molecule has 9 heavy (non-hydrogen) atoms. The van der Waals surface area contributed by atoms with Crippen molar-refractivity contribution in [2.24, 2.45) is 4.99 Å². The van der Waals surface area contributed by atoms with Crippen molar-refractivity contribution in [1.82, 2.24) is 0 Å². The summed E-state index contributed by atoms with van der Waals surface area (Å²) in [6, 6.07) is 0. The van der Waals surface area contributed by atoms with Gasteiger partial charge in [0.25, 0.3) is 0 Å². The highest BCUT2D eigenvalue weighted by Crippen LogP contribution is 1.86. The maximum absolute atomic E-state index is 3.78. The van der Waals surface area contributed by atoms with Crippen LogP contribution in [0.4, 0.5) is 0 Å². The molecule has 0 N–H and O–H groups in total. The molecule has 0 radical (unpaired) electrons. The van der Waals surface area contributed by atoms with E-state index in [1.807, 2.05) is 12.2 Å². The Morgan fingerprint density at radius 1 is 1.56 bits per heavy atom. The van der Waals surface area contributed by atoms with Gasteiger partial charge in [0.15, 0.2) is 0 Å². The molecule has 0 unspecified atom stereocenters. The summed E-state index contributed by atoms with van der Waals surface area (Å²) in [7, 11) is 1.72. The average Bonchev–Trinajstić information content (AvgIpc) is 1.85. The molecule has 0 fully saturated rings. The lowest BCUT2D eigenvalue weighted by molar-refractivity contribution is 1.47. The van der Waals surface area contributed by atoms with E-state index in [0.717, 1.165) is 5.57 Å². The Labute approximate surface area is 56.1 Å². The zero-order valence-electron chi connectivity index (χ0n) is 5.67. The predicted molar refractivity (Wildman–Crippen MR) is 42.9 cm³/mol. The van der Waals surface area contributed by atoms with Crippen molar-refractivity contribution < 1.29 is 0 Å². The largest absolute Gasteiger partial charge is 0.296 e. The zero-order valence-corrected chi connectivity index (χ0v) is 5.67. The van der Waals surface area contributed by atoms with Crippen molar-refractivity contribution in [3.05, 3.63) is 37.0 Å². The van der Waals surface area contributed by atoms with Crippen molar-refractivity contribution in [2.45, 2.75) is 0 Å². The van der Waals surface area contributed by atoms with Gasteiger partial charge in [-0.1, -0.05) is 31.4 Å². The molecular formula is C8H11N. The molecule has 0 amide bonds. The summed E-state index contributed by atoms with van der Waals surface area (Å²) in [5, 5.41) is 0. The molecule has 0 bridgehead atoms. The van der Waals surface area contributed by atoms with Gasteiger partial charge in [0.2, 0.25) is 0 Å². The van der Waals surface area contributed by atoms with Crippen LogP contribution in [0.5, 0.6) is 0 Å². The molecule has 1 heteroatoms. The quantitative estimate of drug-likeness (QED) is 0.400. The first-order valence-corrected chi connectivity index (χ1v) is 2.71. The maximum atomic E-state index is 3.78. The number of aliphatic imine (C=N–C) groups is 1. The van der Waals surface area contributed by atoms with Crippen LogP contribution in [0.1, 0.15) is 0 Å². The minimum atomic E-state index is 0.886. The van der Waals surface area contributed by atoms with Crippen molar-refractivity contribution >= 4 is 6.21 Å². The van der Waals surface area contributed by atoms with Crippen LogP contribution in [-0.4, -0.2) is 13.3 Å². The van der Waals surface area contributed by atoms with Gasteiger partial charge in [-0.3, -0.25) is 4.99 Å². The first-order chi connectivity index (χ1) is 4.31. The second-order valence-electron chi connectivity index (χ2n) is 1.56. The van der Waals surface area contributed by atoms with E-state index >= 15 is 0 Å². The Morgan fingerprint density at radius 3 is 2.67 bits per heavy atom. The highest BCUT2D eigenvalue weighted by Gasteiger charge is 1.74. The first-order valence-electron chi connectivity index (χ1n) is 2.71. The lowest BCUT2D eigenvalue weighted by atomic mass is 10.3. The highest BCUT2D eigenvalue weighted by atomic mass is 14.6. The molecule has 0 saturated carbocycles. The summed E-state index contributed by atoms with van der Waals surface area (Å²) >= 11 is 0. The van der Waals surface area contributed by atoms with E-state index in [9.17, 15) is 0 Å². The van der Waals surface area contributed by atoms with E-state index in [-0.39, 0.29) is 0 Å². The van der Waals surface area contributed by atoms with Gasteiger partial charge in [-0.25, -0.2) is 0 Å². The van der Waals surface area contributed by atoms with Crippen molar-refractivity contribution in [3.8, 4) is 0 Å². The summed E-state index contributed by atoms with van der Waals surface area (Å²) < 4.78 is 0. The normalized spacial score (nSPS) is 10.8. The van der Waals surface area contributed by atoms with Gasteiger partial charge in [-0.2, -0.15) is 0 Å². The lowest BCUT2D eigenvalue weighted by Crippen LogP contribution is -1.73. The first kappa shape index (κ1) is 7.89. The summed E-state index contributed by atoms with van der Waals surface area (Å²) in [6.07, 6.45) is 7.07. The Morgan fingerprint density at radius 2 is 2.22 bits per heavy atom. The Hall–Kier alpha value is -1.11. The van der Waals surface area contributed by atoms with Crippen molar-refractivity contribution in [3.63, 3.8) is 0 Å². The molecule has 0 spiro atoms. The third kappa shape index (κ3) is 4.75. The van der Waals surface area contributed by atoms with Gasteiger partial charge < -0.3 is 0 Å². The molecule has 48 valence electrons. The molecule has 0 aliphatic carbocycles. The van der Waals surface area contributed by atoms with E-state index in [0.29, 0.717) is 0 Å². The SMILES string of the molecule is C=CC=CC(=C)C=NC. The molecule has 0 aromatic rings. The van der Waals surface area contributed by atoms with Crippen molar-refractivity contribution in [2.75, 3.05) is 7.05 Å². The molecule has 0 aromatic carbocycles. The van der Waals surface area contributed by atoms with Crippen LogP contribution in [-0.2, 0) is 0 Å². The highest BCUT2D eigenvalue weighted by molar-refractivity contribution is 5.81. The molecule has 0 aliphatic heterocycles. The Bertz CT molecular complexity index is 152. The van der Waals surface area contributed by atoms with Gasteiger partial charge in [0.1, 0.15) is 0 Å². The van der Waals surface area contributed by atoms with Gasteiger partial charge in [-0.05, 0) is 5.57 Å². The summed E-state index contributed by atoms with van der Waals surface area (Å²) in [5.41, 5.74) is 0.886. The fourth-order valence-electron chi connectivity index (χ4n) is 0.400. The number of hydrogen-bond donors (Lipinski definition) is 0. The van der Waals surface area contributed by atoms with E-state index in [1.165, 1.54) is 0 Å². The number of rotatable bonds is 3. The van der Waals surface area contributed by atoms with E-state index < -0.39 is 0 Å². The minimum absolute atomic E-state index is 0.886. The Balaban J connectivity index is 3.76. The van der Waals surface area contributed by atoms with Gasteiger partial charge in [0.05, 0.1) is 0 Å². The Kier molecular flexibility index (Phi) is 4.41. The summed E-state index contributed by atoms with van der Waals surface area (Å²) in [4.78, 5) is 3.78. The molecule has 0 atom stereocenters. The van der Waals surface area contributed by atoms with E-state index in [1.54, 1.807) is 19.3 Å². The predicted octanol–water partition coefficient (Wildman–Crippen LogP) is 1.99. The standard InChI is InChI=1S/C8H11N/c1-4-5-6-8(2)7-9-3/h4-7H,1-2H2,3H3. The number of nitrogens with zero attached hydrogens (tertiary/aromatic N) is 1. The smallest absolute Gasteiger partial charge is 0.0277 e. The maximum Gasteiger partial charge on any atom is 0.0277 e. The van der Waals surface area contributed by atoms with Crippen molar-refractivity contribution in [1.29, 1.82) is 0 Å². The molecule has 0 aromatic heterocycles. The van der Waals surface area contributed by atoms with Gasteiger partial charge in [-0.15, -0.1) is 0 Å². The fraction of sp³-hybridized carbons (Fsp3) is 0.125. The van der Waals surface area contributed by atoms with Crippen LogP contribution in [0.2, 0.25) is 0 Å². The topological polar surface area (TPSA) is 12.4 Å². The van der Waals surface area contributed by atoms with Gasteiger partial charge >= 0.3 is 0 Å². The van der Waals surface area contributed by atoms with Crippen LogP contribution in [0.15, 0.2) is 42.0 Å².